The molecule has 88 valence electrons. The van der Waals surface area contributed by atoms with Gasteiger partial charge in [0.15, 0.2) is 17.5 Å². The normalized spacial score (nSPS) is 10.2. The number of carbonyl (C=O) groups excluding carboxylic acids is 1. The maximum absolute atomic E-state index is 13.1. The second-order valence-electron chi connectivity index (χ2n) is 3.08. The molecule has 0 aliphatic carbocycles. The van der Waals surface area contributed by atoms with Gasteiger partial charge >= 0.3 is 0 Å². The highest BCUT2D eigenvalue weighted by molar-refractivity contribution is 5.94. The Balaban J connectivity index is 2.80. The molecule has 0 bridgehead atoms. The van der Waals surface area contributed by atoms with Crippen LogP contribution in [0, 0.1) is 17.5 Å². The number of nitrogens with one attached hydrogen (secondary N) is 2. The second-order valence-corrected chi connectivity index (χ2v) is 3.08. The molecule has 1 rings (SSSR count). The highest BCUT2D eigenvalue weighted by atomic mass is 19.2. The fourth-order valence-corrected chi connectivity index (χ4v) is 1.10. The lowest BCUT2D eigenvalue weighted by Crippen LogP contribution is -2.31. The van der Waals surface area contributed by atoms with Crippen LogP contribution in [-0.2, 0) is 0 Å². The molecule has 0 aromatic heterocycles. The fourth-order valence-electron chi connectivity index (χ4n) is 1.10. The summed E-state index contributed by atoms with van der Waals surface area (Å²) < 4.78 is 38.5. The molecule has 0 saturated carbocycles. The van der Waals surface area contributed by atoms with Crippen LogP contribution in [0.25, 0.3) is 0 Å². The summed E-state index contributed by atoms with van der Waals surface area (Å²) in [6.07, 6.45) is 0. The molecule has 0 saturated heterocycles. The molecule has 2 N–H and O–H groups in total. The molecule has 0 radical (unpaired) electrons. The largest absolute Gasteiger partial charge is 0.351 e. The van der Waals surface area contributed by atoms with Gasteiger partial charge in [0.2, 0.25) is 0 Å². The zero-order chi connectivity index (χ0) is 12.1. The van der Waals surface area contributed by atoms with E-state index in [1.807, 2.05) is 0 Å². The summed E-state index contributed by atoms with van der Waals surface area (Å²) in [5.74, 6) is -5.20. The van der Waals surface area contributed by atoms with Crippen molar-refractivity contribution in [2.75, 3.05) is 20.1 Å². The molecule has 0 spiro atoms. The molecule has 16 heavy (non-hydrogen) atoms. The molecular formula is C10H11F3N2O. The standard InChI is InChI=1S/C10H11F3N2O/c1-14-4-5-15-10(16)6-2-3-7(11)9(13)8(6)12/h2-3,14H,4-5H2,1H3,(H,15,16). The first-order valence-corrected chi connectivity index (χ1v) is 4.64. The molecule has 1 amide bonds. The number of hydrogen-bond donors (Lipinski definition) is 2. The van der Waals surface area contributed by atoms with Crippen molar-refractivity contribution in [2.45, 2.75) is 0 Å². The van der Waals surface area contributed by atoms with Crippen molar-refractivity contribution < 1.29 is 18.0 Å². The molecule has 6 heteroatoms. The number of likely N-dealkylation sites (N-methyl/N-ethyl adjacent to an activating group) is 1. The van der Waals surface area contributed by atoms with Crippen molar-refractivity contribution in [3.8, 4) is 0 Å². The van der Waals surface area contributed by atoms with Crippen molar-refractivity contribution >= 4 is 5.91 Å². The third kappa shape index (κ3) is 2.73. The van der Waals surface area contributed by atoms with E-state index in [-0.39, 0.29) is 6.54 Å². The minimum absolute atomic E-state index is 0.272. The van der Waals surface area contributed by atoms with Crippen molar-refractivity contribution in [1.29, 1.82) is 0 Å². The van der Waals surface area contributed by atoms with E-state index in [0.29, 0.717) is 12.6 Å². The van der Waals surface area contributed by atoms with Gasteiger partial charge in [-0.05, 0) is 19.2 Å². The molecule has 3 nitrogen and oxygen atoms in total. The minimum atomic E-state index is -1.64. The van der Waals surface area contributed by atoms with Gasteiger partial charge in [0, 0.05) is 13.1 Å². The highest BCUT2D eigenvalue weighted by Crippen LogP contribution is 2.14. The second kappa shape index (κ2) is 5.50. The van der Waals surface area contributed by atoms with Gasteiger partial charge in [0.05, 0.1) is 5.56 Å². The van der Waals surface area contributed by atoms with E-state index in [9.17, 15) is 18.0 Å². The van der Waals surface area contributed by atoms with Crippen LogP contribution in [0.15, 0.2) is 12.1 Å². The van der Waals surface area contributed by atoms with Crippen LogP contribution in [0.5, 0.6) is 0 Å². The van der Waals surface area contributed by atoms with Gasteiger partial charge < -0.3 is 10.6 Å². The van der Waals surface area contributed by atoms with Gasteiger partial charge in [0.1, 0.15) is 0 Å². The Morgan fingerprint density at radius 2 is 1.88 bits per heavy atom. The molecule has 1 aromatic carbocycles. The Kier molecular flexibility index (Phi) is 4.30. The lowest BCUT2D eigenvalue weighted by molar-refractivity contribution is 0.0949. The zero-order valence-corrected chi connectivity index (χ0v) is 8.61. The number of halogens is 3. The number of rotatable bonds is 4. The topological polar surface area (TPSA) is 41.1 Å². The molecule has 0 atom stereocenters. The van der Waals surface area contributed by atoms with Crippen LogP contribution in [0.1, 0.15) is 10.4 Å². The van der Waals surface area contributed by atoms with E-state index in [1.165, 1.54) is 0 Å². The van der Waals surface area contributed by atoms with Gasteiger partial charge in [-0.25, -0.2) is 13.2 Å². The van der Waals surface area contributed by atoms with Crippen molar-refractivity contribution in [3.05, 3.63) is 35.1 Å². The SMILES string of the molecule is CNCCNC(=O)c1ccc(F)c(F)c1F. The lowest BCUT2D eigenvalue weighted by atomic mass is 10.2. The van der Waals surface area contributed by atoms with Gasteiger partial charge in [-0.15, -0.1) is 0 Å². The van der Waals surface area contributed by atoms with E-state index < -0.39 is 28.9 Å². The third-order valence-electron chi connectivity index (χ3n) is 1.94. The van der Waals surface area contributed by atoms with E-state index in [4.69, 9.17) is 0 Å². The molecule has 0 heterocycles. The lowest BCUT2D eigenvalue weighted by Gasteiger charge is -2.06. The van der Waals surface area contributed by atoms with Gasteiger partial charge in [-0.2, -0.15) is 0 Å². The number of amides is 1. The maximum atomic E-state index is 13.1. The predicted molar refractivity (Wildman–Crippen MR) is 52.6 cm³/mol. The molecule has 0 aliphatic heterocycles. The van der Waals surface area contributed by atoms with E-state index >= 15 is 0 Å². The molecule has 0 fully saturated rings. The first-order chi connectivity index (χ1) is 7.57. The Morgan fingerprint density at radius 3 is 2.50 bits per heavy atom. The van der Waals surface area contributed by atoms with Crippen LogP contribution in [0.4, 0.5) is 13.2 Å². The summed E-state index contributed by atoms with van der Waals surface area (Å²) in [5.41, 5.74) is -0.505. The van der Waals surface area contributed by atoms with Crippen molar-refractivity contribution in [1.82, 2.24) is 10.6 Å². The summed E-state index contributed by atoms with van der Waals surface area (Å²) in [7, 11) is 1.68. The quantitative estimate of drug-likeness (QED) is 0.602. The van der Waals surface area contributed by atoms with E-state index in [1.54, 1.807) is 7.05 Å². The van der Waals surface area contributed by atoms with Crippen molar-refractivity contribution in [3.63, 3.8) is 0 Å². The molecule has 0 unspecified atom stereocenters. The van der Waals surface area contributed by atoms with E-state index in [2.05, 4.69) is 10.6 Å². The average Bonchev–Trinajstić information content (AvgIpc) is 2.26. The first kappa shape index (κ1) is 12.5. The maximum Gasteiger partial charge on any atom is 0.254 e. The fraction of sp³-hybridized carbons (Fsp3) is 0.300. The van der Waals surface area contributed by atoms with Crippen LogP contribution in [-0.4, -0.2) is 26.0 Å². The van der Waals surface area contributed by atoms with Crippen molar-refractivity contribution in [2.24, 2.45) is 0 Å². The first-order valence-electron chi connectivity index (χ1n) is 4.64. The summed E-state index contributed by atoms with van der Waals surface area (Å²) in [5, 5.41) is 5.12. The average molecular weight is 232 g/mol. The Morgan fingerprint density at radius 1 is 1.19 bits per heavy atom. The molecular weight excluding hydrogens is 221 g/mol. The van der Waals surface area contributed by atoms with Crippen LogP contribution < -0.4 is 10.6 Å². The van der Waals surface area contributed by atoms with Crippen LogP contribution in [0.2, 0.25) is 0 Å². The Hall–Kier alpha value is -1.56. The summed E-state index contributed by atoms with van der Waals surface area (Å²) in [6.45, 7) is 0.769. The number of benzene rings is 1. The smallest absolute Gasteiger partial charge is 0.254 e. The number of carbonyl (C=O) groups is 1. The van der Waals surface area contributed by atoms with Gasteiger partial charge in [-0.1, -0.05) is 0 Å². The van der Waals surface area contributed by atoms with Gasteiger partial charge in [-0.3, -0.25) is 4.79 Å². The van der Waals surface area contributed by atoms with E-state index in [0.717, 1.165) is 6.07 Å². The zero-order valence-electron chi connectivity index (χ0n) is 8.61. The monoisotopic (exact) mass is 232 g/mol. The summed E-state index contributed by atoms with van der Waals surface area (Å²) in [6, 6.07) is 1.62. The summed E-state index contributed by atoms with van der Waals surface area (Å²) in [4.78, 5) is 11.3. The Labute approximate surface area is 90.6 Å². The number of hydrogen-bond acceptors (Lipinski definition) is 2. The highest BCUT2D eigenvalue weighted by Gasteiger charge is 2.18. The van der Waals surface area contributed by atoms with Gasteiger partial charge in [0.25, 0.3) is 5.91 Å². The third-order valence-corrected chi connectivity index (χ3v) is 1.94. The van der Waals surface area contributed by atoms with Crippen LogP contribution >= 0.6 is 0 Å². The molecule has 1 aromatic rings. The minimum Gasteiger partial charge on any atom is -0.351 e. The van der Waals surface area contributed by atoms with Crippen LogP contribution in [0.3, 0.4) is 0 Å². The predicted octanol–water partition coefficient (Wildman–Crippen LogP) is 1.05. The summed E-state index contributed by atoms with van der Waals surface area (Å²) >= 11 is 0. The Bertz CT molecular complexity index is 396. The molecule has 0 aliphatic rings.